The van der Waals surface area contributed by atoms with Gasteiger partial charge in [-0.25, -0.2) is 0 Å². The van der Waals surface area contributed by atoms with E-state index in [1.807, 2.05) is 0 Å². The molecule has 0 aromatic carbocycles. The first-order valence-electron chi connectivity index (χ1n) is 0.218. The molecule has 0 fully saturated rings. The fourth-order valence-electron chi connectivity index (χ4n) is 0. The van der Waals surface area contributed by atoms with E-state index in [2.05, 4.69) is 28.5 Å². The zero-order valence-corrected chi connectivity index (χ0v) is 5.70. The summed E-state index contributed by atoms with van der Waals surface area (Å²) in [5, 5.41) is 0. The summed E-state index contributed by atoms with van der Waals surface area (Å²) in [6.45, 7) is 0. The van der Waals surface area contributed by atoms with Crippen molar-refractivity contribution in [3.8, 4) is 0 Å². The predicted molar refractivity (Wildman–Crippen MR) is 27.5 cm³/mol. The van der Waals surface area contributed by atoms with Crippen LogP contribution in [0.25, 0.3) is 0 Å². The van der Waals surface area contributed by atoms with Gasteiger partial charge in [0.25, 0.3) is 0 Å². The van der Waals surface area contributed by atoms with Gasteiger partial charge in [-0.05, 0) is 0 Å². The molecule has 0 spiro atoms. The summed E-state index contributed by atoms with van der Waals surface area (Å²) in [5.74, 6) is 0. The summed E-state index contributed by atoms with van der Waals surface area (Å²) >= 11 is 5.08. The van der Waals surface area contributed by atoms with Crippen LogP contribution < -0.4 is 0 Å². The summed E-state index contributed by atoms with van der Waals surface area (Å²) in [5.41, 5.74) is 0. The smallest absolute Gasteiger partial charge is 0.358 e. The third kappa shape index (κ3) is 11.9. The first-order chi connectivity index (χ1) is 1.00. The van der Waals surface area contributed by atoms with Gasteiger partial charge < -0.3 is 14.9 Å². The van der Waals surface area contributed by atoms with E-state index >= 15 is 0 Å². The van der Waals surface area contributed by atoms with Crippen LogP contribution >= 0.6 is 14.1 Å². The van der Waals surface area contributed by atoms with E-state index in [4.69, 9.17) is 0 Å². The molecular weight excluding hydrogens is 131 g/mol. The molecule has 24 valence electrons. The van der Waals surface area contributed by atoms with E-state index in [0.717, 1.165) is 0 Å². The zero-order valence-electron chi connectivity index (χ0n) is 2.96. The molecule has 0 aromatic heterocycles. The van der Waals surface area contributed by atoms with Crippen LogP contribution in [0.4, 0.5) is 0 Å². The summed E-state index contributed by atoms with van der Waals surface area (Å²) < 4.78 is 0. The van der Waals surface area contributed by atoms with Crippen LogP contribution in [0.5, 0.6) is 0 Å². The molecule has 0 rings (SSSR count). The van der Waals surface area contributed by atoms with Crippen molar-refractivity contribution >= 4 is 28.5 Å². The Morgan fingerprint density at radius 3 is 1.00 bits per heavy atom. The summed E-state index contributed by atoms with van der Waals surface area (Å²) in [4.78, 5) is 0. The average molecular weight is 137 g/mol. The van der Waals surface area contributed by atoms with Gasteiger partial charge in [-0.1, -0.05) is 0 Å². The topological polar surface area (TPSA) is 0 Å². The molecule has 2 heteroatoms. The molecule has 0 aliphatic heterocycles. The minimum Gasteiger partial charge on any atom is -0.358 e. The van der Waals surface area contributed by atoms with E-state index in [0.29, 0.717) is 0 Å². The largest absolute Gasteiger partial charge is 0.358 e. The number of halogens is 1. The maximum absolute atomic E-state index is 2.85. The van der Waals surface area contributed by atoms with Gasteiger partial charge in [0.15, 0.2) is 0 Å². The van der Waals surface area contributed by atoms with Crippen molar-refractivity contribution in [1.82, 2.24) is 0 Å². The molecule has 0 saturated carbocycles. The quantitative estimate of drug-likeness (QED) is 0.349. The van der Waals surface area contributed by atoms with E-state index < -0.39 is 0 Å². The van der Waals surface area contributed by atoms with Crippen molar-refractivity contribution in [1.29, 1.82) is 0 Å². The third-order valence-electron chi connectivity index (χ3n) is 0. The van der Waals surface area contributed by atoms with Gasteiger partial charge in [-0.3, -0.25) is 0 Å². The van der Waals surface area contributed by atoms with Crippen LogP contribution in [-0.2, 0) is 0 Å². The number of rotatable bonds is 0. The molecule has 4 heavy (non-hydrogen) atoms. The van der Waals surface area contributed by atoms with Crippen LogP contribution in [0.1, 0.15) is 0 Å². The number of hydrogen-bond acceptors (Lipinski definition) is 0. The minimum atomic E-state index is 0. The van der Waals surface area contributed by atoms with E-state index in [1.165, 1.54) is 0 Å². The predicted octanol–water partition coefficient (Wildman–Crippen LogP) is 1.37. The Labute approximate surface area is 43.7 Å². The van der Waals surface area contributed by atoms with Crippen LogP contribution in [0.2, 0.25) is 0 Å². The van der Waals surface area contributed by atoms with Crippen molar-refractivity contribution in [2.24, 2.45) is 0 Å². The Bertz CT molecular complexity index is 6.00. The minimum absolute atomic E-state index is 0. The zero-order chi connectivity index (χ0) is 2.00. The average Bonchev–Trinajstić information content (AvgIpc) is 1.00. The fraction of sp³-hybridized carbons (Fsp3) is 0. The maximum atomic E-state index is 2.85. The van der Waals surface area contributed by atoms with Gasteiger partial charge >= 0.3 is 28.5 Å². The van der Waals surface area contributed by atoms with Gasteiger partial charge in [0.1, 0.15) is 0 Å². The molecule has 0 heterocycles. The Kier molecular flexibility index (Phi) is 177. The van der Waals surface area contributed by atoms with Crippen LogP contribution in [0, 0.1) is 14.9 Å². The molecule has 0 nitrogen and oxygen atoms in total. The van der Waals surface area contributed by atoms with Crippen LogP contribution in [0.15, 0.2) is 0 Å². The van der Waals surface area contributed by atoms with Crippen LogP contribution in [0.3, 0.4) is 0 Å². The van der Waals surface area contributed by atoms with Crippen molar-refractivity contribution in [3.05, 3.63) is 14.9 Å². The molecule has 0 atom stereocenters. The Morgan fingerprint density at radius 1 is 1.00 bits per heavy atom. The standard InChI is InChI=1S/2CH3.Al.BrH/h2*1H3;;1H/q2*-1;+3;/p-1. The van der Waals surface area contributed by atoms with Crippen LogP contribution in [-0.4, -0.2) is 14.5 Å². The van der Waals surface area contributed by atoms with Crippen molar-refractivity contribution in [2.75, 3.05) is 0 Å². The van der Waals surface area contributed by atoms with E-state index in [1.54, 1.807) is 0 Å². The molecule has 0 saturated heterocycles. The molecule has 0 unspecified atom stereocenters. The second-order valence-corrected chi connectivity index (χ2v) is 0. The molecule has 0 bridgehead atoms. The molecule has 0 amide bonds. The monoisotopic (exact) mass is 136 g/mol. The molecule has 0 N–H and O–H groups in total. The Morgan fingerprint density at radius 2 is 1.00 bits per heavy atom. The second-order valence-electron chi connectivity index (χ2n) is 0. The maximum Gasteiger partial charge on any atom is -0.358 e. The molecule has 0 aliphatic rings. The van der Waals surface area contributed by atoms with Gasteiger partial charge in [0, 0.05) is 0 Å². The Balaban J connectivity index is -0.00000000500. The summed E-state index contributed by atoms with van der Waals surface area (Å²) in [7, 11) is 0. The van der Waals surface area contributed by atoms with E-state index in [-0.39, 0.29) is 14.9 Å². The van der Waals surface area contributed by atoms with Gasteiger partial charge in [-0.2, -0.15) is 0 Å². The van der Waals surface area contributed by atoms with Gasteiger partial charge in [-0.15, -0.1) is 0 Å². The Hall–Kier alpha value is 1.01. The molecule has 0 aliphatic carbocycles. The molecule has 0 radical (unpaired) electrons. The number of hydrogen-bond donors (Lipinski definition) is 0. The first-order valence-corrected chi connectivity index (χ1v) is 3.40. The van der Waals surface area contributed by atoms with Crippen molar-refractivity contribution < 1.29 is 0 Å². The van der Waals surface area contributed by atoms with Gasteiger partial charge in [0.05, 0.1) is 0 Å². The third-order valence-corrected chi connectivity index (χ3v) is 0. The fourth-order valence-corrected chi connectivity index (χ4v) is 0. The SMILES string of the molecule is [Al+2][Br].[CH3-].[CH3-]. The first kappa shape index (κ1) is 19.9. The molecular formula is C2H6AlBr. The van der Waals surface area contributed by atoms with Crippen molar-refractivity contribution in [3.63, 3.8) is 0 Å². The van der Waals surface area contributed by atoms with Gasteiger partial charge in [0.2, 0.25) is 0 Å². The van der Waals surface area contributed by atoms with E-state index in [9.17, 15) is 0 Å². The molecule has 0 aromatic rings. The normalized spacial score (nSPS) is 1.75. The van der Waals surface area contributed by atoms with Crippen molar-refractivity contribution in [2.45, 2.75) is 0 Å². The second kappa shape index (κ2) is 35.5. The summed E-state index contributed by atoms with van der Waals surface area (Å²) in [6, 6.07) is 0. The summed E-state index contributed by atoms with van der Waals surface area (Å²) in [6.07, 6.45) is 0.